The van der Waals surface area contributed by atoms with Gasteiger partial charge in [-0.1, -0.05) is 13.8 Å². The minimum Gasteiger partial charge on any atom is -0.382 e. The maximum atomic E-state index is 12.0. The summed E-state index contributed by atoms with van der Waals surface area (Å²) in [5.74, 6) is 1.07. The van der Waals surface area contributed by atoms with Crippen LogP contribution in [0.3, 0.4) is 0 Å². The summed E-state index contributed by atoms with van der Waals surface area (Å²) in [5, 5.41) is 6.66. The van der Waals surface area contributed by atoms with Gasteiger partial charge in [0, 0.05) is 52.4 Å². The van der Waals surface area contributed by atoms with Gasteiger partial charge in [0.15, 0.2) is 5.96 Å². The molecule has 2 N–H and O–H groups in total. The van der Waals surface area contributed by atoms with Crippen molar-refractivity contribution in [1.29, 1.82) is 0 Å². The number of nitrogens with one attached hydrogen (secondary N) is 2. The normalized spacial score (nSPS) is 17.8. The van der Waals surface area contributed by atoms with E-state index >= 15 is 0 Å². The number of carbonyl (C=O) groups excluding carboxylic acids is 1. The van der Waals surface area contributed by atoms with E-state index in [1.807, 2.05) is 18.7 Å². The minimum absolute atomic E-state index is 0. The number of rotatable bonds is 9. The molecule has 1 unspecified atom stereocenters. The zero-order valence-corrected chi connectivity index (χ0v) is 17.7. The third-order valence-corrected chi connectivity index (χ3v) is 3.75. The zero-order chi connectivity index (χ0) is 17.1. The average molecular weight is 456 g/mol. The van der Waals surface area contributed by atoms with E-state index in [0.29, 0.717) is 19.8 Å². The predicted molar refractivity (Wildman–Crippen MR) is 107 cm³/mol. The van der Waals surface area contributed by atoms with E-state index in [1.165, 1.54) is 0 Å². The summed E-state index contributed by atoms with van der Waals surface area (Å²) in [6, 6.07) is 0.266. The van der Waals surface area contributed by atoms with Gasteiger partial charge in [-0.05, 0) is 12.8 Å². The fourth-order valence-corrected chi connectivity index (χ4v) is 2.46. The highest BCUT2D eigenvalue weighted by Gasteiger charge is 2.27. The number of likely N-dealkylation sites (tertiary alicyclic amines) is 1. The van der Waals surface area contributed by atoms with E-state index < -0.39 is 0 Å². The Morgan fingerprint density at radius 1 is 1.33 bits per heavy atom. The molecule has 0 radical (unpaired) electrons. The van der Waals surface area contributed by atoms with Crippen LogP contribution in [0, 0.1) is 5.92 Å². The SMILES string of the molecule is CN=C(NCCCOCCOC)NC1CCN(C(=O)C(C)C)C1.I. The van der Waals surface area contributed by atoms with Crippen LogP contribution < -0.4 is 10.6 Å². The standard InChI is InChI=1S/C16H32N4O3.HI/c1-13(2)15(21)20-8-6-14(12-20)19-16(17-3)18-7-5-9-23-11-10-22-4;/h13-14H,5-12H2,1-4H3,(H2,17,18,19);1H. The highest BCUT2D eigenvalue weighted by molar-refractivity contribution is 14.0. The number of guanidine groups is 1. The Balaban J connectivity index is 0.00000529. The van der Waals surface area contributed by atoms with Gasteiger partial charge in [-0.25, -0.2) is 0 Å². The first-order valence-corrected chi connectivity index (χ1v) is 8.41. The van der Waals surface area contributed by atoms with Crippen LogP contribution in [-0.2, 0) is 14.3 Å². The highest BCUT2D eigenvalue weighted by Crippen LogP contribution is 2.12. The molecule has 0 aliphatic carbocycles. The maximum Gasteiger partial charge on any atom is 0.225 e. The summed E-state index contributed by atoms with van der Waals surface area (Å²) >= 11 is 0. The fourth-order valence-electron chi connectivity index (χ4n) is 2.46. The van der Waals surface area contributed by atoms with Gasteiger partial charge in [-0.2, -0.15) is 0 Å². The molecule has 8 heteroatoms. The molecule has 0 aromatic heterocycles. The molecular formula is C16H33IN4O3. The van der Waals surface area contributed by atoms with Gasteiger partial charge >= 0.3 is 0 Å². The van der Waals surface area contributed by atoms with Crippen LogP contribution in [0.5, 0.6) is 0 Å². The molecule has 142 valence electrons. The number of halogens is 1. The van der Waals surface area contributed by atoms with Gasteiger partial charge in [0.2, 0.25) is 5.91 Å². The van der Waals surface area contributed by atoms with Gasteiger partial charge in [-0.3, -0.25) is 9.79 Å². The van der Waals surface area contributed by atoms with E-state index in [9.17, 15) is 4.79 Å². The second-order valence-electron chi connectivity index (χ2n) is 6.03. The second kappa shape index (κ2) is 13.7. The van der Waals surface area contributed by atoms with Crippen molar-refractivity contribution in [3.63, 3.8) is 0 Å². The number of carbonyl (C=O) groups is 1. The molecule has 1 rings (SSSR count). The molecule has 1 fully saturated rings. The lowest BCUT2D eigenvalue weighted by Crippen LogP contribution is -2.45. The number of aliphatic imine (C=N–C) groups is 1. The van der Waals surface area contributed by atoms with E-state index in [4.69, 9.17) is 9.47 Å². The molecule has 24 heavy (non-hydrogen) atoms. The van der Waals surface area contributed by atoms with Crippen LogP contribution in [0.2, 0.25) is 0 Å². The van der Waals surface area contributed by atoms with E-state index in [1.54, 1.807) is 14.2 Å². The largest absolute Gasteiger partial charge is 0.382 e. The van der Waals surface area contributed by atoms with Crippen molar-refractivity contribution in [2.45, 2.75) is 32.7 Å². The minimum atomic E-state index is 0. The van der Waals surface area contributed by atoms with Gasteiger partial charge < -0.3 is 25.0 Å². The molecule has 7 nitrogen and oxygen atoms in total. The lowest BCUT2D eigenvalue weighted by atomic mass is 10.2. The summed E-state index contributed by atoms with van der Waals surface area (Å²) in [6.07, 6.45) is 1.87. The van der Waals surface area contributed by atoms with Gasteiger partial charge in [0.1, 0.15) is 0 Å². The molecule has 0 saturated carbocycles. The summed E-state index contributed by atoms with van der Waals surface area (Å²) < 4.78 is 10.3. The third-order valence-electron chi connectivity index (χ3n) is 3.75. The van der Waals surface area contributed by atoms with Crippen LogP contribution in [0.25, 0.3) is 0 Å². The third kappa shape index (κ3) is 9.03. The number of amides is 1. The van der Waals surface area contributed by atoms with Crippen molar-refractivity contribution in [3.8, 4) is 0 Å². The van der Waals surface area contributed by atoms with Crippen molar-refractivity contribution in [2.75, 3.05) is 53.6 Å². The number of nitrogens with zero attached hydrogens (tertiary/aromatic N) is 2. The van der Waals surface area contributed by atoms with Crippen molar-refractivity contribution in [2.24, 2.45) is 10.9 Å². The van der Waals surface area contributed by atoms with Crippen LogP contribution in [0.15, 0.2) is 4.99 Å². The lowest BCUT2D eigenvalue weighted by molar-refractivity contribution is -0.133. The van der Waals surface area contributed by atoms with Crippen molar-refractivity contribution in [3.05, 3.63) is 0 Å². The average Bonchev–Trinajstić information content (AvgIpc) is 3.00. The Hall–Kier alpha value is -0.610. The molecule has 0 spiro atoms. The lowest BCUT2D eigenvalue weighted by Gasteiger charge is -2.20. The summed E-state index contributed by atoms with van der Waals surface area (Å²) in [4.78, 5) is 18.2. The molecular weight excluding hydrogens is 423 g/mol. The number of ether oxygens (including phenoxy) is 2. The monoisotopic (exact) mass is 456 g/mol. The summed E-state index contributed by atoms with van der Waals surface area (Å²) in [5.41, 5.74) is 0. The van der Waals surface area contributed by atoms with Crippen LogP contribution in [0.1, 0.15) is 26.7 Å². The molecule has 1 aliphatic rings. The topological polar surface area (TPSA) is 75.2 Å². The van der Waals surface area contributed by atoms with Crippen LogP contribution in [0.4, 0.5) is 0 Å². The van der Waals surface area contributed by atoms with Crippen LogP contribution in [-0.4, -0.2) is 76.4 Å². The zero-order valence-electron chi connectivity index (χ0n) is 15.3. The smallest absolute Gasteiger partial charge is 0.225 e. The Bertz CT molecular complexity index is 380. The molecule has 1 heterocycles. The Morgan fingerprint density at radius 3 is 2.71 bits per heavy atom. The number of hydrogen-bond acceptors (Lipinski definition) is 4. The number of methoxy groups -OCH3 is 1. The highest BCUT2D eigenvalue weighted by atomic mass is 127. The molecule has 0 aromatic carbocycles. The molecule has 1 amide bonds. The Morgan fingerprint density at radius 2 is 2.08 bits per heavy atom. The van der Waals surface area contributed by atoms with Crippen molar-refractivity contribution < 1.29 is 14.3 Å². The first-order valence-electron chi connectivity index (χ1n) is 8.41. The van der Waals surface area contributed by atoms with Gasteiger partial charge in [0.25, 0.3) is 0 Å². The van der Waals surface area contributed by atoms with E-state index in [2.05, 4.69) is 15.6 Å². The van der Waals surface area contributed by atoms with E-state index in [0.717, 1.165) is 38.4 Å². The quantitative estimate of drug-likeness (QED) is 0.235. The van der Waals surface area contributed by atoms with Gasteiger partial charge in [0.05, 0.1) is 13.2 Å². The predicted octanol–water partition coefficient (Wildman–Crippen LogP) is 1.08. The molecule has 0 bridgehead atoms. The van der Waals surface area contributed by atoms with Crippen molar-refractivity contribution >= 4 is 35.8 Å². The Kier molecular flexibility index (Phi) is 13.3. The summed E-state index contributed by atoms with van der Waals surface area (Å²) in [7, 11) is 3.43. The number of hydrogen-bond donors (Lipinski definition) is 2. The molecule has 1 aliphatic heterocycles. The molecule has 1 atom stereocenters. The summed E-state index contributed by atoms with van der Waals surface area (Å²) in [6.45, 7) is 8.21. The fraction of sp³-hybridized carbons (Fsp3) is 0.875. The van der Waals surface area contributed by atoms with Gasteiger partial charge in [-0.15, -0.1) is 24.0 Å². The molecule has 1 saturated heterocycles. The van der Waals surface area contributed by atoms with E-state index in [-0.39, 0.29) is 41.8 Å². The first kappa shape index (κ1) is 23.4. The van der Waals surface area contributed by atoms with Crippen molar-refractivity contribution in [1.82, 2.24) is 15.5 Å². The maximum absolute atomic E-state index is 12.0. The van der Waals surface area contributed by atoms with Crippen LogP contribution >= 0.6 is 24.0 Å². The Labute approximate surface area is 162 Å². The first-order chi connectivity index (χ1) is 11.1. The second-order valence-corrected chi connectivity index (χ2v) is 6.03. The molecule has 0 aromatic rings.